The fraction of sp³-hybridized carbons (Fsp3) is 0.261. The first-order valence-electron chi connectivity index (χ1n) is 10.1. The van der Waals surface area contributed by atoms with Gasteiger partial charge in [-0.25, -0.2) is 9.37 Å². The van der Waals surface area contributed by atoms with Gasteiger partial charge < -0.3 is 14.6 Å². The van der Waals surface area contributed by atoms with Gasteiger partial charge in [0, 0.05) is 35.3 Å². The molecule has 4 aromatic rings. The van der Waals surface area contributed by atoms with Gasteiger partial charge in [-0.1, -0.05) is 6.07 Å². The fourth-order valence-electron chi connectivity index (χ4n) is 4.10. The van der Waals surface area contributed by atoms with Gasteiger partial charge in [-0.05, 0) is 44.0 Å². The molecule has 1 fully saturated rings. The molecule has 1 amide bonds. The smallest absolute Gasteiger partial charge is 0.268 e. The Bertz CT molecular complexity index is 1320. The lowest BCUT2D eigenvalue weighted by Crippen LogP contribution is -2.36. The highest BCUT2D eigenvalue weighted by Crippen LogP contribution is 2.49. The van der Waals surface area contributed by atoms with Crippen LogP contribution >= 0.6 is 0 Å². The number of nitrogens with zero attached hydrogens (tertiary/aromatic N) is 3. The van der Waals surface area contributed by atoms with E-state index < -0.39 is 5.54 Å². The molecular weight excluding hydrogens is 397 g/mol. The number of methoxy groups -OCH3 is 1. The lowest BCUT2D eigenvalue weighted by Gasteiger charge is -2.20. The van der Waals surface area contributed by atoms with Gasteiger partial charge in [0.05, 0.1) is 24.5 Å². The molecule has 3 heterocycles. The highest BCUT2D eigenvalue weighted by molar-refractivity contribution is 5.99. The summed E-state index contributed by atoms with van der Waals surface area (Å²) in [5.74, 6) is -0.131. The van der Waals surface area contributed by atoms with Crippen LogP contribution in [0.25, 0.3) is 22.3 Å². The van der Waals surface area contributed by atoms with E-state index in [-0.39, 0.29) is 11.7 Å². The van der Waals surface area contributed by atoms with E-state index in [2.05, 4.69) is 15.5 Å². The number of rotatable bonds is 5. The summed E-state index contributed by atoms with van der Waals surface area (Å²) < 4.78 is 20.8. The number of fused-ring (bicyclic) bond motifs is 1. The van der Waals surface area contributed by atoms with Crippen LogP contribution in [0.5, 0.6) is 5.75 Å². The molecule has 1 saturated carbocycles. The molecule has 2 N–H and O–H groups in total. The van der Waals surface area contributed by atoms with E-state index in [4.69, 9.17) is 9.72 Å². The lowest BCUT2D eigenvalue weighted by molar-refractivity contribution is 0.0922. The second-order valence-corrected chi connectivity index (χ2v) is 7.99. The van der Waals surface area contributed by atoms with Crippen LogP contribution < -0.4 is 10.1 Å². The maximum Gasteiger partial charge on any atom is 0.268 e. The van der Waals surface area contributed by atoms with E-state index in [0.29, 0.717) is 17.1 Å². The number of amides is 1. The molecule has 8 heteroatoms. The number of aromatic amines is 1. The zero-order chi connectivity index (χ0) is 21.8. The van der Waals surface area contributed by atoms with Crippen molar-refractivity contribution in [3.63, 3.8) is 0 Å². The van der Waals surface area contributed by atoms with Crippen molar-refractivity contribution in [2.24, 2.45) is 7.05 Å². The molecule has 1 aliphatic rings. The first-order chi connectivity index (χ1) is 14.9. The summed E-state index contributed by atoms with van der Waals surface area (Å²) >= 11 is 0. The number of benzene rings is 1. The summed E-state index contributed by atoms with van der Waals surface area (Å²) in [4.78, 5) is 18.0. The second-order valence-electron chi connectivity index (χ2n) is 7.99. The minimum Gasteiger partial charge on any atom is -0.496 e. The number of ether oxygens (including phenoxy) is 1. The molecule has 1 aliphatic carbocycles. The fourth-order valence-corrected chi connectivity index (χ4v) is 4.10. The van der Waals surface area contributed by atoms with Gasteiger partial charge in [-0.2, -0.15) is 5.10 Å². The van der Waals surface area contributed by atoms with Crippen molar-refractivity contribution in [3.05, 3.63) is 65.4 Å². The van der Waals surface area contributed by atoms with Crippen LogP contribution in [0, 0.1) is 12.7 Å². The molecule has 7 nitrogen and oxygen atoms in total. The van der Waals surface area contributed by atoms with Gasteiger partial charge in [0.25, 0.3) is 5.91 Å². The molecule has 0 saturated heterocycles. The zero-order valence-corrected chi connectivity index (χ0v) is 17.5. The minimum absolute atomic E-state index is 0.203. The summed E-state index contributed by atoms with van der Waals surface area (Å²) in [7, 11) is 3.33. The van der Waals surface area contributed by atoms with Crippen molar-refractivity contribution < 1.29 is 13.9 Å². The SMILES string of the molecule is COc1cc(F)ccc1C1(NC(=O)c2cc3ccc(-c4cn[nH]c4C)nc3n2C)CC1. The van der Waals surface area contributed by atoms with E-state index >= 15 is 0 Å². The Morgan fingerprint density at radius 1 is 1.26 bits per heavy atom. The first kappa shape index (κ1) is 19.3. The van der Waals surface area contributed by atoms with Crippen LogP contribution in [0.2, 0.25) is 0 Å². The molecule has 0 radical (unpaired) electrons. The average Bonchev–Trinajstić information content (AvgIpc) is 3.28. The third-order valence-corrected chi connectivity index (χ3v) is 6.00. The van der Waals surface area contributed by atoms with Gasteiger partial charge in [0.2, 0.25) is 0 Å². The van der Waals surface area contributed by atoms with Crippen molar-refractivity contribution in [1.82, 2.24) is 25.1 Å². The molecule has 3 aromatic heterocycles. The monoisotopic (exact) mass is 419 g/mol. The Hall–Kier alpha value is -3.68. The Morgan fingerprint density at radius 3 is 2.74 bits per heavy atom. The van der Waals surface area contributed by atoms with E-state index in [1.165, 1.54) is 19.2 Å². The third kappa shape index (κ3) is 3.15. The van der Waals surface area contributed by atoms with Crippen molar-refractivity contribution in [2.45, 2.75) is 25.3 Å². The lowest BCUT2D eigenvalue weighted by atomic mass is 10.0. The van der Waals surface area contributed by atoms with Gasteiger partial charge >= 0.3 is 0 Å². The molecule has 5 rings (SSSR count). The largest absolute Gasteiger partial charge is 0.496 e. The number of aryl methyl sites for hydroxylation is 2. The van der Waals surface area contributed by atoms with Gasteiger partial charge in [0.1, 0.15) is 22.9 Å². The number of halogens is 1. The Morgan fingerprint density at radius 2 is 2.06 bits per heavy atom. The van der Waals surface area contributed by atoms with Crippen LogP contribution in [0.3, 0.4) is 0 Å². The van der Waals surface area contributed by atoms with Crippen molar-refractivity contribution in [3.8, 4) is 17.0 Å². The van der Waals surface area contributed by atoms with E-state index in [1.807, 2.05) is 32.2 Å². The molecule has 0 unspecified atom stereocenters. The van der Waals surface area contributed by atoms with Crippen molar-refractivity contribution in [2.75, 3.05) is 7.11 Å². The quantitative estimate of drug-likeness (QED) is 0.515. The predicted octanol–water partition coefficient (Wildman–Crippen LogP) is 3.84. The number of H-pyrrole nitrogens is 1. The summed E-state index contributed by atoms with van der Waals surface area (Å²) in [5, 5.41) is 11.0. The third-order valence-electron chi connectivity index (χ3n) is 6.00. The molecule has 158 valence electrons. The van der Waals surface area contributed by atoms with Crippen molar-refractivity contribution >= 4 is 16.9 Å². The van der Waals surface area contributed by atoms with Gasteiger partial charge in [0.15, 0.2) is 0 Å². The standard InChI is InChI=1S/C23H22FN5O2/c1-13-16(12-25-28-13)18-7-4-14-10-19(29(2)21(14)26-18)22(30)27-23(8-9-23)17-6-5-15(24)11-20(17)31-3/h4-7,10-12H,8-9H2,1-3H3,(H,25,28)(H,27,30). The second kappa shape index (κ2) is 6.94. The summed E-state index contributed by atoms with van der Waals surface area (Å²) in [6, 6.07) is 10.1. The highest BCUT2D eigenvalue weighted by Gasteiger charge is 2.48. The number of hydrogen-bond acceptors (Lipinski definition) is 4. The molecule has 0 spiro atoms. The van der Waals surface area contributed by atoms with Crippen LogP contribution in [0.1, 0.15) is 34.6 Å². The number of aromatic nitrogens is 4. The van der Waals surface area contributed by atoms with Crippen LogP contribution in [0.4, 0.5) is 4.39 Å². The normalized spacial score (nSPS) is 14.6. The maximum atomic E-state index is 13.6. The summed E-state index contributed by atoms with van der Waals surface area (Å²) in [6.07, 6.45) is 3.28. The number of carbonyl (C=O) groups is 1. The number of hydrogen-bond donors (Lipinski definition) is 2. The first-order valence-corrected chi connectivity index (χ1v) is 10.1. The Kier molecular flexibility index (Phi) is 4.32. The van der Waals surface area contributed by atoms with Crippen LogP contribution in [-0.4, -0.2) is 32.8 Å². The number of carbonyl (C=O) groups excluding carboxylic acids is 1. The molecule has 0 atom stereocenters. The summed E-state index contributed by atoms with van der Waals surface area (Å²) in [6.45, 7) is 1.94. The van der Waals surface area contributed by atoms with Crippen LogP contribution in [-0.2, 0) is 12.6 Å². The predicted molar refractivity (Wildman–Crippen MR) is 114 cm³/mol. The molecular formula is C23H22FN5O2. The topological polar surface area (TPSA) is 84.8 Å². The molecule has 0 aliphatic heterocycles. The van der Waals surface area contributed by atoms with E-state index in [9.17, 15) is 9.18 Å². The highest BCUT2D eigenvalue weighted by atomic mass is 19.1. The zero-order valence-electron chi connectivity index (χ0n) is 17.5. The van der Waals surface area contributed by atoms with Gasteiger partial charge in [-0.15, -0.1) is 0 Å². The van der Waals surface area contributed by atoms with Crippen molar-refractivity contribution in [1.29, 1.82) is 0 Å². The Balaban J connectivity index is 1.48. The maximum absolute atomic E-state index is 13.6. The molecule has 31 heavy (non-hydrogen) atoms. The van der Waals surface area contributed by atoms with Gasteiger partial charge in [-0.3, -0.25) is 9.89 Å². The average molecular weight is 419 g/mol. The number of nitrogens with one attached hydrogen (secondary N) is 2. The van der Waals surface area contributed by atoms with Crippen LogP contribution in [0.15, 0.2) is 42.6 Å². The minimum atomic E-state index is -0.543. The summed E-state index contributed by atoms with van der Waals surface area (Å²) in [5.41, 5.74) is 4.13. The Labute approximate surface area is 178 Å². The van der Waals surface area contributed by atoms with E-state index in [0.717, 1.165) is 40.7 Å². The molecule has 1 aromatic carbocycles. The molecule has 0 bridgehead atoms. The van der Waals surface area contributed by atoms with E-state index in [1.54, 1.807) is 16.8 Å². The number of pyridine rings is 1.